The maximum absolute atomic E-state index is 13.3. The molecule has 1 N–H and O–H groups in total. The van der Waals surface area contributed by atoms with E-state index >= 15 is 0 Å². The van der Waals surface area contributed by atoms with Crippen molar-refractivity contribution in [2.75, 3.05) is 0 Å². The number of nitrogens with one attached hydrogen (secondary N) is 1. The number of nitrogens with zero attached hydrogens (tertiary/aromatic N) is 1. The van der Waals surface area contributed by atoms with Crippen LogP contribution in [0.1, 0.15) is 33.1 Å². The summed E-state index contributed by atoms with van der Waals surface area (Å²) in [4.78, 5) is 13.7. The van der Waals surface area contributed by atoms with E-state index in [2.05, 4.69) is 5.32 Å². The highest BCUT2D eigenvalue weighted by molar-refractivity contribution is 7.80. The van der Waals surface area contributed by atoms with Crippen LogP contribution in [-0.2, 0) is 6.54 Å². The molecule has 5 heteroatoms. The molecule has 0 spiro atoms. The van der Waals surface area contributed by atoms with Gasteiger partial charge in [0.05, 0.1) is 0 Å². The predicted molar refractivity (Wildman–Crippen MR) is 112 cm³/mol. The summed E-state index contributed by atoms with van der Waals surface area (Å²) in [6.45, 7) is 4.42. The smallest absolute Gasteiger partial charge is 0.270 e. The van der Waals surface area contributed by atoms with E-state index < -0.39 is 6.04 Å². The number of halogens is 1. The van der Waals surface area contributed by atoms with Crippen LogP contribution in [0.2, 0.25) is 0 Å². The monoisotopic (exact) mass is 393 g/mol. The van der Waals surface area contributed by atoms with Crippen LogP contribution in [0.25, 0.3) is 0 Å². The normalized spacial score (nSPS) is 11.7. The van der Waals surface area contributed by atoms with Crippen molar-refractivity contribution in [3.8, 4) is 0 Å². The molecule has 0 unspecified atom stereocenters. The van der Waals surface area contributed by atoms with Crippen LogP contribution in [-0.4, -0.2) is 10.8 Å². The Morgan fingerprint density at radius 1 is 1.04 bits per heavy atom. The van der Waals surface area contributed by atoms with E-state index in [9.17, 15) is 9.18 Å². The average molecular weight is 394 g/mol. The minimum atomic E-state index is -0.654. The number of pyridine rings is 1. The fourth-order valence-corrected chi connectivity index (χ4v) is 3.22. The van der Waals surface area contributed by atoms with Crippen LogP contribution in [0, 0.1) is 19.7 Å². The molecule has 0 bridgehead atoms. The lowest BCUT2D eigenvalue weighted by Crippen LogP contribution is -2.51. The number of aryl methyl sites for hydroxylation is 2. The third-order valence-electron chi connectivity index (χ3n) is 4.70. The van der Waals surface area contributed by atoms with E-state index in [1.807, 2.05) is 62.6 Å². The number of benzene rings is 2. The summed E-state index contributed by atoms with van der Waals surface area (Å²) < 4.78 is 14.9. The molecule has 0 saturated carbocycles. The summed E-state index contributed by atoms with van der Waals surface area (Å²) >= 11 is 5.59. The van der Waals surface area contributed by atoms with Gasteiger partial charge in [-0.1, -0.05) is 42.5 Å². The van der Waals surface area contributed by atoms with Crippen LogP contribution in [0.3, 0.4) is 0 Å². The number of rotatable bonds is 6. The highest BCUT2D eigenvalue weighted by Gasteiger charge is 2.33. The van der Waals surface area contributed by atoms with Gasteiger partial charge < -0.3 is 5.32 Å². The lowest BCUT2D eigenvalue weighted by atomic mass is 9.99. The van der Waals surface area contributed by atoms with Crippen molar-refractivity contribution < 1.29 is 13.8 Å². The first kappa shape index (κ1) is 19.8. The molecule has 1 aromatic heterocycles. The zero-order valence-corrected chi connectivity index (χ0v) is 16.7. The molecule has 0 saturated heterocycles. The van der Waals surface area contributed by atoms with Crippen LogP contribution in [0.15, 0.2) is 73.1 Å². The van der Waals surface area contributed by atoms with Crippen molar-refractivity contribution in [1.82, 2.24) is 5.32 Å². The number of aromatic nitrogens is 1. The zero-order valence-electron chi connectivity index (χ0n) is 15.9. The van der Waals surface area contributed by atoms with Gasteiger partial charge in [-0.05, 0) is 48.7 Å². The first-order valence-corrected chi connectivity index (χ1v) is 9.46. The summed E-state index contributed by atoms with van der Waals surface area (Å²) in [6.07, 6.45) is 3.66. The van der Waals surface area contributed by atoms with Gasteiger partial charge in [-0.3, -0.25) is 4.79 Å². The van der Waals surface area contributed by atoms with E-state index in [1.165, 1.54) is 12.1 Å². The molecule has 2 aromatic carbocycles. The summed E-state index contributed by atoms with van der Waals surface area (Å²) in [5, 5.41) is 3.16. The number of carbonyl (C=O) groups is 1. The Hall–Kier alpha value is -2.92. The lowest BCUT2D eigenvalue weighted by molar-refractivity contribution is -0.692. The van der Waals surface area contributed by atoms with Gasteiger partial charge in [0.2, 0.25) is 5.78 Å². The SMILES string of the molecule is Cc1ccc(C(=O)[C@H](C(=S)NCc2ccc(F)cc2)[n+]2ccccc2)cc1C. The van der Waals surface area contributed by atoms with E-state index in [0.29, 0.717) is 17.1 Å². The molecule has 0 radical (unpaired) electrons. The van der Waals surface area contributed by atoms with Gasteiger partial charge in [0.25, 0.3) is 6.04 Å². The molecule has 1 heterocycles. The second kappa shape index (κ2) is 8.85. The molecule has 28 heavy (non-hydrogen) atoms. The minimum absolute atomic E-state index is 0.0732. The van der Waals surface area contributed by atoms with E-state index in [4.69, 9.17) is 12.2 Å². The van der Waals surface area contributed by atoms with Gasteiger partial charge >= 0.3 is 0 Å². The Morgan fingerprint density at radius 2 is 1.71 bits per heavy atom. The molecule has 3 nitrogen and oxygen atoms in total. The fraction of sp³-hybridized carbons (Fsp3) is 0.174. The van der Waals surface area contributed by atoms with Crippen molar-refractivity contribution in [1.29, 1.82) is 0 Å². The molecular formula is C23H22FN2OS+. The van der Waals surface area contributed by atoms with Gasteiger partial charge in [-0.25, -0.2) is 4.39 Å². The Kier molecular flexibility index (Phi) is 6.26. The summed E-state index contributed by atoms with van der Waals surface area (Å²) in [5.41, 5.74) is 3.71. The molecule has 3 aromatic rings. The fourth-order valence-electron chi connectivity index (χ4n) is 2.91. The van der Waals surface area contributed by atoms with Crippen molar-refractivity contribution in [3.63, 3.8) is 0 Å². The van der Waals surface area contributed by atoms with Crippen molar-refractivity contribution >= 4 is 23.0 Å². The van der Waals surface area contributed by atoms with E-state index in [1.54, 1.807) is 16.7 Å². The third-order valence-corrected chi connectivity index (χ3v) is 5.07. The van der Waals surface area contributed by atoms with Crippen LogP contribution >= 0.6 is 12.2 Å². The minimum Gasteiger partial charge on any atom is -0.370 e. The number of ketones is 1. The second-order valence-corrected chi connectivity index (χ2v) is 7.17. The molecule has 1 atom stereocenters. The molecule has 142 valence electrons. The molecule has 0 aliphatic rings. The zero-order chi connectivity index (χ0) is 20.1. The number of Topliss-reactive ketones (excluding diaryl/α,β-unsaturated/α-hetero) is 1. The average Bonchev–Trinajstić information content (AvgIpc) is 2.70. The highest BCUT2D eigenvalue weighted by atomic mass is 32.1. The molecule has 3 rings (SSSR count). The van der Waals surface area contributed by atoms with Gasteiger partial charge in [0, 0.05) is 24.2 Å². The highest BCUT2D eigenvalue weighted by Crippen LogP contribution is 2.16. The lowest BCUT2D eigenvalue weighted by Gasteiger charge is -2.15. The second-order valence-electron chi connectivity index (χ2n) is 6.73. The first-order valence-electron chi connectivity index (χ1n) is 9.05. The maximum atomic E-state index is 13.3. The van der Waals surface area contributed by atoms with Gasteiger partial charge in [-0.2, -0.15) is 4.57 Å². The van der Waals surface area contributed by atoms with Crippen LogP contribution in [0.4, 0.5) is 4.39 Å². The van der Waals surface area contributed by atoms with E-state index in [0.717, 1.165) is 16.7 Å². The van der Waals surface area contributed by atoms with E-state index in [-0.39, 0.29) is 11.6 Å². The number of thiocarbonyl (C=S) groups is 1. The van der Waals surface area contributed by atoms with Crippen LogP contribution in [0.5, 0.6) is 0 Å². The Labute approximate surface area is 169 Å². The number of hydrogen-bond acceptors (Lipinski definition) is 2. The van der Waals surface area contributed by atoms with Crippen molar-refractivity contribution in [3.05, 3.63) is 101 Å². The van der Waals surface area contributed by atoms with Crippen LogP contribution < -0.4 is 9.88 Å². The Bertz CT molecular complexity index is 987. The Morgan fingerprint density at radius 3 is 2.36 bits per heavy atom. The van der Waals surface area contributed by atoms with Gasteiger partial charge in [0.15, 0.2) is 17.4 Å². The Balaban J connectivity index is 1.86. The molecule has 0 fully saturated rings. The quantitative estimate of drug-likeness (QED) is 0.386. The summed E-state index contributed by atoms with van der Waals surface area (Å²) in [5.74, 6) is -0.357. The summed E-state index contributed by atoms with van der Waals surface area (Å²) in [7, 11) is 0. The molecule has 0 amide bonds. The largest absolute Gasteiger partial charge is 0.370 e. The first-order chi connectivity index (χ1) is 13.5. The molecular weight excluding hydrogens is 371 g/mol. The number of hydrogen-bond donors (Lipinski definition) is 1. The topological polar surface area (TPSA) is 33.0 Å². The van der Waals surface area contributed by atoms with Crippen molar-refractivity contribution in [2.24, 2.45) is 0 Å². The van der Waals surface area contributed by atoms with Gasteiger partial charge in [-0.15, -0.1) is 0 Å². The maximum Gasteiger partial charge on any atom is 0.270 e. The summed E-state index contributed by atoms with van der Waals surface area (Å²) in [6, 6.07) is 16.9. The molecule has 0 aliphatic heterocycles. The standard InChI is InChI=1S/C23H21FN2OS/c1-16-6-9-19(14-17(16)2)22(27)21(26-12-4-3-5-13-26)23(28)25-15-18-7-10-20(24)11-8-18/h3-14,21H,15H2,1-2H3/p+1/t21-/m1/s1. The predicted octanol–water partition coefficient (Wildman–Crippen LogP) is 4.27. The number of carbonyl (C=O) groups excluding carboxylic acids is 1. The van der Waals surface area contributed by atoms with Gasteiger partial charge in [0.1, 0.15) is 5.82 Å². The third kappa shape index (κ3) is 4.67. The molecule has 0 aliphatic carbocycles. The van der Waals surface area contributed by atoms with Crippen molar-refractivity contribution in [2.45, 2.75) is 26.4 Å².